The van der Waals surface area contributed by atoms with E-state index in [1.807, 2.05) is 13.2 Å². The van der Waals surface area contributed by atoms with Gasteiger partial charge in [-0.25, -0.2) is 4.98 Å². The Morgan fingerprint density at radius 1 is 1.38 bits per heavy atom. The van der Waals surface area contributed by atoms with Gasteiger partial charge in [-0.15, -0.1) is 0 Å². The molecule has 0 amide bonds. The highest BCUT2D eigenvalue weighted by molar-refractivity contribution is 5.27. The van der Waals surface area contributed by atoms with E-state index in [1.54, 1.807) is 0 Å². The van der Waals surface area contributed by atoms with E-state index in [4.69, 9.17) is 5.73 Å². The number of nitrogen functional groups attached to an aromatic ring is 1. The fourth-order valence-corrected chi connectivity index (χ4v) is 2.24. The molecule has 0 saturated heterocycles. The lowest BCUT2D eigenvalue weighted by molar-refractivity contribution is 0.421. The number of nitrogens with zero attached hydrogens (tertiary/aromatic N) is 2. The molecule has 1 heterocycles. The first kappa shape index (κ1) is 8.60. The summed E-state index contributed by atoms with van der Waals surface area (Å²) in [4.78, 5) is 4.37. The van der Waals surface area contributed by atoms with Crippen molar-refractivity contribution in [1.29, 1.82) is 0 Å². The van der Waals surface area contributed by atoms with Crippen molar-refractivity contribution in [1.82, 2.24) is 9.55 Å². The van der Waals surface area contributed by atoms with Gasteiger partial charge in [0.1, 0.15) is 11.6 Å². The number of anilines is 1. The third-order valence-corrected chi connectivity index (χ3v) is 2.90. The molecule has 1 aromatic heterocycles. The molecule has 1 saturated carbocycles. The molecule has 3 nitrogen and oxygen atoms in total. The third-order valence-electron chi connectivity index (χ3n) is 2.90. The monoisotopic (exact) mass is 179 g/mol. The van der Waals surface area contributed by atoms with Gasteiger partial charge in [-0.2, -0.15) is 0 Å². The normalized spacial score (nSPS) is 19.2. The Morgan fingerprint density at radius 2 is 2.08 bits per heavy atom. The molecule has 0 unspecified atom stereocenters. The van der Waals surface area contributed by atoms with E-state index in [-0.39, 0.29) is 0 Å². The van der Waals surface area contributed by atoms with E-state index in [0.717, 1.165) is 0 Å². The summed E-state index contributed by atoms with van der Waals surface area (Å²) in [6.45, 7) is 0. The highest BCUT2D eigenvalue weighted by atomic mass is 15.1. The molecular weight excluding hydrogens is 162 g/mol. The summed E-state index contributed by atoms with van der Waals surface area (Å²) in [5, 5.41) is 0. The van der Waals surface area contributed by atoms with Crippen molar-refractivity contribution in [3.63, 3.8) is 0 Å². The van der Waals surface area contributed by atoms with Crippen molar-refractivity contribution < 1.29 is 0 Å². The molecule has 3 heteroatoms. The molecule has 0 aromatic carbocycles. The second-order valence-corrected chi connectivity index (χ2v) is 3.97. The summed E-state index contributed by atoms with van der Waals surface area (Å²) in [5.74, 6) is 2.48. The third kappa shape index (κ3) is 1.69. The predicted molar refractivity (Wildman–Crippen MR) is 53.4 cm³/mol. The molecule has 72 valence electrons. The van der Waals surface area contributed by atoms with Crippen LogP contribution in [0.3, 0.4) is 0 Å². The molecule has 2 N–H and O–H groups in total. The van der Waals surface area contributed by atoms with Gasteiger partial charge in [-0.1, -0.05) is 19.3 Å². The zero-order valence-corrected chi connectivity index (χ0v) is 8.16. The minimum Gasteiger partial charge on any atom is -0.382 e. The smallest absolute Gasteiger partial charge is 0.141 e. The maximum Gasteiger partial charge on any atom is 0.141 e. The zero-order valence-electron chi connectivity index (χ0n) is 8.16. The lowest BCUT2D eigenvalue weighted by Gasteiger charge is -2.20. The van der Waals surface area contributed by atoms with Gasteiger partial charge in [-0.05, 0) is 12.8 Å². The highest BCUT2D eigenvalue weighted by Crippen LogP contribution is 2.31. The standard InChI is InChI=1S/C10H17N3/c1-13-7-9(11)12-10(13)8-5-3-2-4-6-8/h7-8H,2-6,11H2,1H3. The van der Waals surface area contributed by atoms with Crippen molar-refractivity contribution in [2.45, 2.75) is 38.0 Å². The van der Waals surface area contributed by atoms with Crippen LogP contribution in [0.1, 0.15) is 43.8 Å². The van der Waals surface area contributed by atoms with Crippen LogP contribution in [0.5, 0.6) is 0 Å². The molecular formula is C10H17N3. The van der Waals surface area contributed by atoms with Crippen molar-refractivity contribution in [3.05, 3.63) is 12.0 Å². The van der Waals surface area contributed by atoms with Gasteiger partial charge in [0.25, 0.3) is 0 Å². The Hall–Kier alpha value is -0.990. The van der Waals surface area contributed by atoms with Gasteiger partial charge in [0.05, 0.1) is 0 Å². The average Bonchev–Trinajstić information content (AvgIpc) is 2.47. The van der Waals surface area contributed by atoms with E-state index >= 15 is 0 Å². The molecule has 1 aliphatic rings. The van der Waals surface area contributed by atoms with E-state index in [9.17, 15) is 0 Å². The lowest BCUT2D eigenvalue weighted by atomic mass is 9.89. The molecule has 0 atom stereocenters. The second kappa shape index (κ2) is 3.40. The van der Waals surface area contributed by atoms with E-state index < -0.39 is 0 Å². The van der Waals surface area contributed by atoms with Crippen LogP contribution in [0.4, 0.5) is 5.82 Å². The number of hydrogen-bond donors (Lipinski definition) is 1. The van der Waals surface area contributed by atoms with Crippen molar-refractivity contribution in [2.75, 3.05) is 5.73 Å². The molecule has 2 rings (SSSR count). The maximum absolute atomic E-state index is 5.65. The van der Waals surface area contributed by atoms with Gasteiger partial charge in [0.15, 0.2) is 0 Å². The number of rotatable bonds is 1. The molecule has 1 fully saturated rings. The Balaban J connectivity index is 2.18. The Kier molecular flexibility index (Phi) is 2.25. The van der Waals surface area contributed by atoms with E-state index in [1.165, 1.54) is 37.9 Å². The molecule has 13 heavy (non-hydrogen) atoms. The van der Waals surface area contributed by atoms with Crippen LogP contribution in [0.15, 0.2) is 6.20 Å². The van der Waals surface area contributed by atoms with Crippen LogP contribution < -0.4 is 5.73 Å². The van der Waals surface area contributed by atoms with Crippen LogP contribution in [-0.4, -0.2) is 9.55 Å². The Bertz CT molecular complexity index is 284. The topological polar surface area (TPSA) is 43.8 Å². The van der Waals surface area contributed by atoms with Crippen molar-refractivity contribution >= 4 is 5.82 Å². The van der Waals surface area contributed by atoms with E-state index in [2.05, 4.69) is 9.55 Å². The molecule has 0 aliphatic heterocycles. The number of nitrogens with two attached hydrogens (primary N) is 1. The molecule has 1 aliphatic carbocycles. The van der Waals surface area contributed by atoms with Gasteiger partial charge in [0.2, 0.25) is 0 Å². The summed E-state index contributed by atoms with van der Waals surface area (Å²) in [7, 11) is 2.04. The Morgan fingerprint density at radius 3 is 2.62 bits per heavy atom. The number of hydrogen-bond acceptors (Lipinski definition) is 2. The lowest BCUT2D eigenvalue weighted by Crippen LogP contribution is -2.09. The molecule has 0 spiro atoms. The largest absolute Gasteiger partial charge is 0.382 e. The zero-order chi connectivity index (χ0) is 9.26. The molecule has 0 radical (unpaired) electrons. The summed E-state index contributed by atoms with van der Waals surface area (Å²) in [6, 6.07) is 0. The van der Waals surface area contributed by atoms with Gasteiger partial charge < -0.3 is 10.3 Å². The fourth-order valence-electron chi connectivity index (χ4n) is 2.24. The van der Waals surface area contributed by atoms with Crippen molar-refractivity contribution in [2.24, 2.45) is 7.05 Å². The summed E-state index contributed by atoms with van der Waals surface area (Å²) >= 11 is 0. The Labute approximate surface area is 79.0 Å². The SMILES string of the molecule is Cn1cc(N)nc1C1CCCCC1. The van der Waals surface area contributed by atoms with Gasteiger partial charge in [0, 0.05) is 19.2 Å². The number of aryl methyl sites for hydroxylation is 1. The summed E-state index contributed by atoms with van der Waals surface area (Å²) in [6.07, 6.45) is 8.55. The van der Waals surface area contributed by atoms with Crippen LogP contribution in [0.25, 0.3) is 0 Å². The second-order valence-electron chi connectivity index (χ2n) is 3.97. The predicted octanol–water partition coefficient (Wildman–Crippen LogP) is 2.05. The van der Waals surface area contributed by atoms with Gasteiger partial charge in [-0.3, -0.25) is 0 Å². The van der Waals surface area contributed by atoms with Crippen LogP contribution in [-0.2, 0) is 7.05 Å². The first-order valence-corrected chi connectivity index (χ1v) is 5.06. The molecule has 1 aromatic rings. The first-order chi connectivity index (χ1) is 6.27. The van der Waals surface area contributed by atoms with Gasteiger partial charge >= 0.3 is 0 Å². The van der Waals surface area contributed by atoms with Crippen LogP contribution in [0, 0.1) is 0 Å². The minimum atomic E-state index is 0.649. The highest BCUT2D eigenvalue weighted by Gasteiger charge is 2.19. The quantitative estimate of drug-likeness (QED) is 0.717. The maximum atomic E-state index is 5.65. The number of imidazole rings is 1. The van der Waals surface area contributed by atoms with E-state index in [0.29, 0.717) is 11.7 Å². The molecule has 0 bridgehead atoms. The average molecular weight is 179 g/mol. The fraction of sp³-hybridized carbons (Fsp3) is 0.700. The van der Waals surface area contributed by atoms with Crippen LogP contribution >= 0.6 is 0 Å². The first-order valence-electron chi connectivity index (χ1n) is 5.06. The van der Waals surface area contributed by atoms with Crippen molar-refractivity contribution in [3.8, 4) is 0 Å². The number of aromatic nitrogens is 2. The van der Waals surface area contributed by atoms with Crippen LogP contribution in [0.2, 0.25) is 0 Å². The summed E-state index contributed by atoms with van der Waals surface area (Å²) in [5.41, 5.74) is 5.65. The minimum absolute atomic E-state index is 0.649. The summed E-state index contributed by atoms with van der Waals surface area (Å²) < 4.78 is 2.07.